The quantitative estimate of drug-likeness (QED) is 0.394. The minimum absolute atomic E-state index is 0.206. The second-order valence-corrected chi connectivity index (χ2v) is 9.46. The lowest BCUT2D eigenvalue weighted by Gasteiger charge is -2.56. The van der Waals surface area contributed by atoms with E-state index >= 15 is 0 Å². The van der Waals surface area contributed by atoms with Crippen molar-refractivity contribution in [3.63, 3.8) is 0 Å². The Kier molecular flexibility index (Phi) is 6.06. The standard InChI is InChI=1S/C27H27FN8O/c1-37-26-5-2-18(11-32-26)14-35-22-9-23(35)17-34(16-22)25-4-3-19(12-31-25)24-8-21(30-7-6-28)15-36-27(24)20(10-29)13-33-36/h2-5,8,11-13,15,22-23,30H,6-7,9,14,16-17H2,1H3. The molecule has 0 aliphatic carbocycles. The van der Waals surface area contributed by atoms with E-state index in [2.05, 4.69) is 37.3 Å². The van der Waals surface area contributed by atoms with E-state index in [4.69, 9.17) is 9.72 Å². The maximum atomic E-state index is 12.7. The van der Waals surface area contributed by atoms with Crippen LogP contribution in [0.1, 0.15) is 17.5 Å². The van der Waals surface area contributed by atoms with Crippen molar-refractivity contribution in [2.75, 3.05) is 43.6 Å². The molecule has 0 radical (unpaired) electrons. The van der Waals surface area contributed by atoms with Crippen LogP contribution in [-0.4, -0.2) is 70.0 Å². The molecule has 3 fully saturated rings. The van der Waals surface area contributed by atoms with Crippen LogP contribution in [0, 0.1) is 11.3 Å². The highest BCUT2D eigenvalue weighted by atomic mass is 19.1. The third-order valence-corrected chi connectivity index (χ3v) is 7.26. The Balaban J connectivity index is 1.19. The minimum atomic E-state index is -0.474. The number of fused-ring (bicyclic) bond motifs is 3. The van der Waals surface area contributed by atoms with Crippen LogP contribution in [0.5, 0.6) is 5.88 Å². The zero-order valence-electron chi connectivity index (χ0n) is 20.5. The van der Waals surface area contributed by atoms with Gasteiger partial charge < -0.3 is 15.0 Å². The lowest BCUT2D eigenvalue weighted by molar-refractivity contribution is -0.00876. The maximum absolute atomic E-state index is 12.7. The average Bonchev–Trinajstić information content (AvgIpc) is 3.38. The molecule has 3 saturated heterocycles. The molecule has 7 rings (SSSR count). The normalized spacial score (nSPS) is 18.9. The first-order valence-electron chi connectivity index (χ1n) is 12.3. The third-order valence-electron chi connectivity index (χ3n) is 7.26. The second kappa shape index (κ2) is 9.67. The number of rotatable bonds is 8. The molecule has 1 N–H and O–H groups in total. The Hall–Kier alpha value is -4.23. The van der Waals surface area contributed by atoms with Crippen LogP contribution >= 0.6 is 0 Å². The Morgan fingerprint density at radius 3 is 2.68 bits per heavy atom. The number of nitrogens with zero attached hydrogens (tertiary/aromatic N) is 7. The molecular weight excluding hydrogens is 471 g/mol. The lowest BCUT2D eigenvalue weighted by atomic mass is 9.87. The van der Waals surface area contributed by atoms with E-state index in [0.717, 1.165) is 42.3 Å². The fourth-order valence-electron chi connectivity index (χ4n) is 5.41. The summed E-state index contributed by atoms with van der Waals surface area (Å²) in [6, 6.07) is 13.2. The fourth-order valence-corrected chi connectivity index (χ4v) is 5.41. The van der Waals surface area contributed by atoms with Gasteiger partial charge in [0.25, 0.3) is 0 Å². The third kappa shape index (κ3) is 4.32. The van der Waals surface area contributed by atoms with Gasteiger partial charge in [-0.2, -0.15) is 10.4 Å². The first-order chi connectivity index (χ1) is 18.2. The number of pyridine rings is 3. The zero-order chi connectivity index (χ0) is 25.4. The number of methoxy groups -OCH3 is 1. The van der Waals surface area contributed by atoms with Crippen LogP contribution in [0.2, 0.25) is 0 Å². The van der Waals surface area contributed by atoms with E-state index in [9.17, 15) is 9.65 Å². The molecule has 37 heavy (non-hydrogen) atoms. The summed E-state index contributed by atoms with van der Waals surface area (Å²) >= 11 is 0. The molecule has 7 heterocycles. The van der Waals surface area contributed by atoms with Crippen LogP contribution in [0.15, 0.2) is 55.1 Å². The van der Waals surface area contributed by atoms with Crippen LogP contribution < -0.4 is 15.0 Å². The van der Waals surface area contributed by atoms with Crippen molar-refractivity contribution in [1.29, 1.82) is 5.26 Å². The average molecular weight is 499 g/mol. The summed E-state index contributed by atoms with van der Waals surface area (Å²) in [5.74, 6) is 1.58. The summed E-state index contributed by atoms with van der Waals surface area (Å²) in [4.78, 5) is 14.0. The molecule has 0 aromatic carbocycles. The molecule has 3 aliphatic rings. The molecule has 2 unspecified atom stereocenters. The Morgan fingerprint density at radius 2 is 2.00 bits per heavy atom. The maximum Gasteiger partial charge on any atom is 0.212 e. The number of aromatic nitrogens is 4. The first-order valence-corrected chi connectivity index (χ1v) is 12.3. The molecule has 2 atom stereocenters. The minimum Gasteiger partial charge on any atom is -0.481 e. The number of piperidine rings is 1. The molecular formula is C27H27FN8O. The molecule has 0 saturated carbocycles. The van der Waals surface area contributed by atoms with Crippen LogP contribution in [0.4, 0.5) is 15.9 Å². The van der Waals surface area contributed by atoms with Gasteiger partial charge >= 0.3 is 0 Å². The SMILES string of the molecule is COc1ccc(CN2C3CC2CN(c2ccc(-c4cc(NCCF)cn5ncc(C#N)c45)cn2)C3)cn1. The number of ether oxygens (including phenoxy) is 1. The number of hydrogen-bond acceptors (Lipinski definition) is 8. The Morgan fingerprint density at radius 1 is 1.14 bits per heavy atom. The van der Waals surface area contributed by atoms with Gasteiger partial charge in [-0.25, -0.2) is 18.9 Å². The molecule has 9 nitrogen and oxygen atoms in total. The zero-order valence-corrected chi connectivity index (χ0v) is 20.5. The number of anilines is 2. The van der Waals surface area contributed by atoms with Crippen molar-refractivity contribution in [2.24, 2.45) is 0 Å². The summed E-state index contributed by atoms with van der Waals surface area (Å²) in [7, 11) is 1.63. The van der Waals surface area contributed by atoms with Crippen molar-refractivity contribution in [3.05, 3.63) is 66.2 Å². The molecule has 3 aliphatic heterocycles. The highest BCUT2D eigenvalue weighted by Gasteiger charge is 2.44. The van der Waals surface area contributed by atoms with Crippen LogP contribution in [0.3, 0.4) is 0 Å². The Labute approximate surface area is 214 Å². The molecule has 0 spiro atoms. The van der Waals surface area contributed by atoms with Crippen molar-refractivity contribution < 1.29 is 9.13 Å². The highest BCUT2D eigenvalue weighted by Crippen LogP contribution is 2.36. The van der Waals surface area contributed by atoms with Gasteiger partial charge in [-0.15, -0.1) is 0 Å². The topological polar surface area (TPSA) is 94.6 Å². The number of hydrogen-bond donors (Lipinski definition) is 1. The number of nitrogens with one attached hydrogen (secondary N) is 1. The van der Waals surface area contributed by atoms with Gasteiger partial charge in [-0.1, -0.05) is 6.07 Å². The summed E-state index contributed by atoms with van der Waals surface area (Å²) < 4.78 is 19.6. The monoisotopic (exact) mass is 498 g/mol. The fraction of sp³-hybridized carbons (Fsp3) is 0.333. The van der Waals surface area contributed by atoms with E-state index in [0.29, 0.717) is 29.0 Å². The summed E-state index contributed by atoms with van der Waals surface area (Å²) in [6.45, 7) is 2.49. The van der Waals surface area contributed by atoms with Crippen molar-refractivity contribution in [1.82, 2.24) is 24.5 Å². The van der Waals surface area contributed by atoms with Crippen molar-refractivity contribution in [3.8, 4) is 23.1 Å². The van der Waals surface area contributed by atoms with Crippen molar-refractivity contribution >= 4 is 17.0 Å². The Bertz CT molecular complexity index is 1430. The van der Waals surface area contributed by atoms with E-state index in [1.165, 1.54) is 12.0 Å². The first kappa shape index (κ1) is 23.2. The van der Waals surface area contributed by atoms with E-state index in [1.54, 1.807) is 24.0 Å². The van der Waals surface area contributed by atoms with Crippen molar-refractivity contribution in [2.45, 2.75) is 25.0 Å². The summed E-state index contributed by atoms with van der Waals surface area (Å²) in [5, 5.41) is 17.0. The van der Waals surface area contributed by atoms with Gasteiger partial charge in [0.15, 0.2) is 0 Å². The predicted octanol–water partition coefficient (Wildman–Crippen LogP) is 3.52. The van der Waals surface area contributed by atoms with Gasteiger partial charge in [-0.05, 0) is 30.2 Å². The van der Waals surface area contributed by atoms with Gasteiger partial charge in [-0.3, -0.25) is 4.90 Å². The molecule has 188 valence electrons. The van der Waals surface area contributed by atoms with Gasteiger partial charge in [0.1, 0.15) is 18.6 Å². The van der Waals surface area contributed by atoms with Gasteiger partial charge in [0.2, 0.25) is 5.88 Å². The highest BCUT2D eigenvalue weighted by molar-refractivity contribution is 5.86. The predicted molar refractivity (Wildman–Crippen MR) is 138 cm³/mol. The van der Waals surface area contributed by atoms with Crippen LogP contribution in [0.25, 0.3) is 16.6 Å². The number of alkyl halides is 1. The van der Waals surface area contributed by atoms with E-state index in [-0.39, 0.29) is 6.54 Å². The molecule has 4 aromatic rings. The molecule has 4 aromatic heterocycles. The lowest BCUT2D eigenvalue weighted by Crippen LogP contribution is -2.68. The van der Waals surface area contributed by atoms with Gasteiger partial charge in [0, 0.05) is 67.8 Å². The smallest absolute Gasteiger partial charge is 0.212 e. The molecule has 10 heteroatoms. The summed E-state index contributed by atoms with van der Waals surface area (Å²) in [5.41, 5.74) is 4.84. The number of nitriles is 1. The second-order valence-electron chi connectivity index (χ2n) is 9.46. The van der Waals surface area contributed by atoms with E-state index in [1.807, 2.05) is 36.7 Å². The number of piperazine rings is 1. The van der Waals surface area contributed by atoms with Crippen LogP contribution in [-0.2, 0) is 6.54 Å². The van der Waals surface area contributed by atoms with E-state index < -0.39 is 6.67 Å². The molecule has 0 amide bonds. The summed E-state index contributed by atoms with van der Waals surface area (Å²) in [6.07, 6.45) is 8.26. The van der Waals surface area contributed by atoms with Gasteiger partial charge in [0.05, 0.1) is 36.3 Å². The largest absolute Gasteiger partial charge is 0.481 e. The molecule has 2 bridgehead atoms. The number of halogens is 1.